The molecule has 2 heterocycles. The molecule has 0 aliphatic rings. The van der Waals surface area contributed by atoms with E-state index in [9.17, 15) is 19.2 Å². The molecule has 24 heavy (non-hydrogen) atoms. The normalized spacial score (nSPS) is 11.5. The Morgan fingerprint density at radius 2 is 1.96 bits per heavy atom. The molecule has 2 aromatic heterocycles. The number of rotatable bonds is 5. The molecule has 0 saturated heterocycles. The summed E-state index contributed by atoms with van der Waals surface area (Å²) in [6.45, 7) is 5.03. The highest BCUT2D eigenvalue weighted by Crippen LogP contribution is 2.15. The molecule has 2 aromatic rings. The van der Waals surface area contributed by atoms with Crippen LogP contribution in [0.5, 0.6) is 0 Å². The van der Waals surface area contributed by atoms with Crippen molar-refractivity contribution in [3.05, 3.63) is 38.2 Å². The minimum absolute atomic E-state index is 0.0252. The molecule has 0 unspecified atom stereocenters. The predicted octanol–water partition coefficient (Wildman–Crippen LogP) is 0.293. The SMILES string of the molecule is Cc1cc(C(=O)NC(C)(C)CCC(=O)O)nc2[nH]c(=O)[nH]c(=O)c12. The molecular formula is C15H18N4O5. The Bertz CT molecular complexity index is 926. The zero-order valence-electron chi connectivity index (χ0n) is 13.5. The van der Waals surface area contributed by atoms with Crippen molar-refractivity contribution in [3.8, 4) is 0 Å². The summed E-state index contributed by atoms with van der Waals surface area (Å²) in [6, 6.07) is 1.44. The number of carbonyl (C=O) groups excluding carboxylic acids is 1. The Morgan fingerprint density at radius 3 is 2.58 bits per heavy atom. The monoisotopic (exact) mass is 334 g/mol. The van der Waals surface area contributed by atoms with Crippen LogP contribution >= 0.6 is 0 Å². The number of hydrogen-bond acceptors (Lipinski definition) is 5. The molecule has 128 valence electrons. The molecule has 0 aliphatic carbocycles. The number of nitrogens with one attached hydrogen (secondary N) is 3. The van der Waals surface area contributed by atoms with Crippen LogP contribution in [0.2, 0.25) is 0 Å². The largest absolute Gasteiger partial charge is 0.481 e. The first kappa shape index (κ1) is 17.4. The second-order valence-corrected chi connectivity index (χ2v) is 6.19. The van der Waals surface area contributed by atoms with Crippen LogP contribution in [0.25, 0.3) is 11.0 Å². The quantitative estimate of drug-likeness (QED) is 0.618. The van der Waals surface area contributed by atoms with Gasteiger partial charge in [0.1, 0.15) is 11.3 Å². The molecule has 0 aliphatic heterocycles. The summed E-state index contributed by atoms with van der Waals surface area (Å²) in [5.74, 6) is -1.47. The van der Waals surface area contributed by atoms with Gasteiger partial charge >= 0.3 is 11.7 Å². The summed E-state index contributed by atoms with van der Waals surface area (Å²) in [5, 5.41) is 11.7. The van der Waals surface area contributed by atoms with E-state index >= 15 is 0 Å². The van der Waals surface area contributed by atoms with Crippen LogP contribution < -0.4 is 16.6 Å². The Labute approximate surface area is 136 Å². The van der Waals surface area contributed by atoms with E-state index in [4.69, 9.17) is 5.11 Å². The fraction of sp³-hybridized carbons (Fsp3) is 0.400. The number of aryl methyl sites for hydroxylation is 1. The number of hydrogen-bond donors (Lipinski definition) is 4. The van der Waals surface area contributed by atoms with E-state index < -0.39 is 28.7 Å². The Kier molecular flexibility index (Phi) is 4.54. The summed E-state index contributed by atoms with van der Waals surface area (Å²) in [6.07, 6.45) is 0.164. The number of carbonyl (C=O) groups is 2. The highest BCUT2D eigenvalue weighted by Gasteiger charge is 2.23. The van der Waals surface area contributed by atoms with E-state index in [1.165, 1.54) is 6.07 Å². The molecule has 0 saturated carbocycles. The maximum Gasteiger partial charge on any atom is 0.327 e. The minimum atomic E-state index is -0.950. The van der Waals surface area contributed by atoms with E-state index in [-0.39, 0.29) is 29.6 Å². The highest BCUT2D eigenvalue weighted by atomic mass is 16.4. The number of carboxylic acid groups (broad SMARTS) is 1. The number of amides is 1. The van der Waals surface area contributed by atoms with Gasteiger partial charge < -0.3 is 10.4 Å². The van der Waals surface area contributed by atoms with Crippen molar-refractivity contribution in [1.29, 1.82) is 0 Å². The zero-order chi connectivity index (χ0) is 18.1. The number of aromatic amines is 2. The molecule has 4 N–H and O–H groups in total. The van der Waals surface area contributed by atoms with Gasteiger partial charge in [0, 0.05) is 12.0 Å². The lowest BCUT2D eigenvalue weighted by Gasteiger charge is -2.25. The Hall–Kier alpha value is -2.97. The molecule has 9 nitrogen and oxygen atoms in total. The van der Waals surface area contributed by atoms with Gasteiger partial charge in [0.05, 0.1) is 5.39 Å². The van der Waals surface area contributed by atoms with Crippen LogP contribution in [0.1, 0.15) is 42.7 Å². The third-order valence-corrected chi connectivity index (χ3v) is 3.55. The van der Waals surface area contributed by atoms with Crippen molar-refractivity contribution in [2.24, 2.45) is 0 Å². The van der Waals surface area contributed by atoms with Crippen molar-refractivity contribution in [2.45, 2.75) is 39.2 Å². The van der Waals surface area contributed by atoms with Crippen LogP contribution in [-0.2, 0) is 4.79 Å². The van der Waals surface area contributed by atoms with Gasteiger partial charge in [0.2, 0.25) is 0 Å². The van der Waals surface area contributed by atoms with Crippen molar-refractivity contribution in [3.63, 3.8) is 0 Å². The van der Waals surface area contributed by atoms with E-state index in [1.807, 2.05) is 0 Å². The second-order valence-electron chi connectivity index (χ2n) is 6.19. The minimum Gasteiger partial charge on any atom is -0.481 e. The number of aliphatic carboxylic acids is 1. The molecule has 1 amide bonds. The zero-order valence-corrected chi connectivity index (χ0v) is 13.5. The van der Waals surface area contributed by atoms with E-state index in [1.54, 1.807) is 20.8 Å². The first-order valence-corrected chi connectivity index (χ1v) is 7.27. The van der Waals surface area contributed by atoms with Crippen molar-refractivity contribution in [2.75, 3.05) is 0 Å². The third-order valence-electron chi connectivity index (χ3n) is 3.55. The molecular weight excluding hydrogens is 316 g/mol. The standard InChI is InChI=1S/C15H18N4O5/c1-7-6-8(12(22)19-15(2,3)5-4-9(20)21)16-11-10(7)13(23)18-14(24)17-11/h6H,4-5H2,1-3H3,(H,19,22)(H,20,21)(H2,16,17,18,23,24). The van der Waals surface area contributed by atoms with E-state index in [2.05, 4.69) is 20.3 Å². The maximum absolute atomic E-state index is 12.4. The van der Waals surface area contributed by atoms with Crippen LogP contribution in [0.3, 0.4) is 0 Å². The summed E-state index contributed by atoms with van der Waals surface area (Å²) in [4.78, 5) is 54.7. The lowest BCUT2D eigenvalue weighted by Crippen LogP contribution is -2.44. The molecule has 2 rings (SSSR count). The molecule has 9 heteroatoms. The number of aromatic nitrogens is 3. The molecule has 0 spiro atoms. The average molecular weight is 334 g/mol. The molecule has 0 fully saturated rings. The van der Waals surface area contributed by atoms with Crippen LogP contribution in [0, 0.1) is 6.92 Å². The summed E-state index contributed by atoms with van der Waals surface area (Å²) in [5.41, 5.74) is -1.49. The van der Waals surface area contributed by atoms with E-state index in [0.29, 0.717) is 5.56 Å². The van der Waals surface area contributed by atoms with Gasteiger partial charge in [-0.3, -0.25) is 24.4 Å². The van der Waals surface area contributed by atoms with Crippen LogP contribution in [-0.4, -0.2) is 37.5 Å². The predicted molar refractivity (Wildman–Crippen MR) is 86.1 cm³/mol. The molecule has 0 bridgehead atoms. The van der Waals surface area contributed by atoms with Gasteiger partial charge in [0.15, 0.2) is 0 Å². The number of nitrogens with zero attached hydrogens (tertiary/aromatic N) is 1. The fourth-order valence-corrected chi connectivity index (χ4v) is 2.32. The number of carboxylic acids is 1. The van der Waals surface area contributed by atoms with Gasteiger partial charge in [-0.25, -0.2) is 9.78 Å². The Balaban J connectivity index is 2.35. The average Bonchev–Trinajstić information content (AvgIpc) is 2.43. The maximum atomic E-state index is 12.4. The molecule has 0 radical (unpaired) electrons. The molecule has 0 aromatic carbocycles. The van der Waals surface area contributed by atoms with Crippen molar-refractivity contribution < 1.29 is 14.7 Å². The lowest BCUT2D eigenvalue weighted by atomic mass is 9.98. The first-order valence-electron chi connectivity index (χ1n) is 7.27. The van der Waals surface area contributed by atoms with Gasteiger partial charge in [-0.2, -0.15) is 0 Å². The van der Waals surface area contributed by atoms with Gasteiger partial charge in [-0.05, 0) is 38.8 Å². The highest BCUT2D eigenvalue weighted by molar-refractivity contribution is 5.95. The second kappa shape index (κ2) is 6.26. The van der Waals surface area contributed by atoms with Gasteiger partial charge in [0.25, 0.3) is 11.5 Å². The van der Waals surface area contributed by atoms with Gasteiger partial charge in [-0.1, -0.05) is 0 Å². The van der Waals surface area contributed by atoms with Gasteiger partial charge in [-0.15, -0.1) is 0 Å². The number of pyridine rings is 1. The third kappa shape index (κ3) is 3.86. The summed E-state index contributed by atoms with van der Waals surface area (Å²) >= 11 is 0. The topological polar surface area (TPSA) is 145 Å². The van der Waals surface area contributed by atoms with Crippen LogP contribution in [0.4, 0.5) is 0 Å². The first-order chi connectivity index (χ1) is 11.1. The Morgan fingerprint density at radius 1 is 1.29 bits per heavy atom. The smallest absolute Gasteiger partial charge is 0.327 e. The fourth-order valence-electron chi connectivity index (χ4n) is 2.32. The number of H-pyrrole nitrogens is 2. The summed E-state index contributed by atoms with van der Waals surface area (Å²) in [7, 11) is 0. The van der Waals surface area contributed by atoms with Crippen molar-refractivity contribution >= 4 is 22.9 Å². The molecule has 0 atom stereocenters. The number of fused-ring (bicyclic) bond motifs is 1. The lowest BCUT2D eigenvalue weighted by molar-refractivity contribution is -0.137. The summed E-state index contributed by atoms with van der Waals surface area (Å²) < 4.78 is 0. The van der Waals surface area contributed by atoms with E-state index in [0.717, 1.165) is 0 Å². The van der Waals surface area contributed by atoms with Crippen LogP contribution in [0.15, 0.2) is 15.7 Å². The van der Waals surface area contributed by atoms with Crippen molar-refractivity contribution in [1.82, 2.24) is 20.3 Å².